The van der Waals surface area contributed by atoms with Crippen LogP contribution >= 0.6 is 0 Å². The van der Waals surface area contributed by atoms with Crippen LogP contribution in [0.3, 0.4) is 0 Å². The van der Waals surface area contributed by atoms with Gasteiger partial charge in [0.1, 0.15) is 6.29 Å². The first-order valence-corrected chi connectivity index (χ1v) is 7.48. The second kappa shape index (κ2) is 7.47. The maximum atomic E-state index is 11.6. The molecule has 0 amide bonds. The van der Waals surface area contributed by atoms with Crippen LogP contribution in [0.25, 0.3) is 0 Å². The van der Waals surface area contributed by atoms with E-state index in [2.05, 4.69) is 0 Å². The van der Waals surface area contributed by atoms with Crippen LogP contribution in [0.15, 0.2) is 23.8 Å². The van der Waals surface area contributed by atoms with Gasteiger partial charge in [-0.25, -0.2) is 4.90 Å². The summed E-state index contributed by atoms with van der Waals surface area (Å²) < 4.78 is 5.28. The van der Waals surface area contributed by atoms with Gasteiger partial charge >= 0.3 is 0 Å². The molecule has 6 nitrogen and oxygen atoms in total. The van der Waals surface area contributed by atoms with Gasteiger partial charge in [-0.1, -0.05) is 17.7 Å². The van der Waals surface area contributed by atoms with Crippen LogP contribution in [0, 0.1) is 10.1 Å². The Morgan fingerprint density at radius 1 is 1.38 bits per heavy atom. The summed E-state index contributed by atoms with van der Waals surface area (Å²) in [7, 11) is 0. The van der Waals surface area contributed by atoms with E-state index in [1.807, 2.05) is 17.1 Å². The first kappa shape index (κ1) is 15.9. The molecule has 0 aromatic carbocycles. The Bertz CT molecular complexity index is 441. The summed E-state index contributed by atoms with van der Waals surface area (Å²) in [6, 6.07) is 0. The molecule has 1 fully saturated rings. The van der Waals surface area contributed by atoms with E-state index < -0.39 is 5.66 Å². The highest BCUT2D eigenvalue weighted by atomic mass is 16.6. The minimum atomic E-state index is -1.12. The average molecular weight is 294 g/mol. The molecule has 0 radical (unpaired) electrons. The van der Waals surface area contributed by atoms with E-state index in [4.69, 9.17) is 4.74 Å². The fraction of sp³-hybridized carbons (Fsp3) is 0.667. The van der Waals surface area contributed by atoms with Crippen molar-refractivity contribution < 1.29 is 14.5 Å². The number of nitro groups is 1. The lowest BCUT2D eigenvalue weighted by Gasteiger charge is -2.37. The van der Waals surface area contributed by atoms with Crippen molar-refractivity contribution in [3.8, 4) is 0 Å². The van der Waals surface area contributed by atoms with Crippen LogP contribution in [-0.4, -0.2) is 48.1 Å². The molecule has 0 bridgehead atoms. The zero-order chi connectivity index (χ0) is 15.1. The van der Waals surface area contributed by atoms with Gasteiger partial charge in [0.15, 0.2) is 0 Å². The van der Waals surface area contributed by atoms with Crippen molar-refractivity contribution in [2.75, 3.05) is 26.3 Å². The Kier molecular flexibility index (Phi) is 5.64. The van der Waals surface area contributed by atoms with Gasteiger partial charge in [-0.05, 0) is 19.3 Å². The van der Waals surface area contributed by atoms with E-state index in [0.717, 1.165) is 31.1 Å². The molecule has 2 rings (SSSR count). The lowest BCUT2D eigenvalue weighted by atomic mass is 9.92. The van der Waals surface area contributed by atoms with Gasteiger partial charge < -0.3 is 9.53 Å². The summed E-state index contributed by atoms with van der Waals surface area (Å²) in [5.74, 6) is 0. The van der Waals surface area contributed by atoms with E-state index >= 15 is 0 Å². The van der Waals surface area contributed by atoms with Crippen LogP contribution in [0.2, 0.25) is 0 Å². The molecule has 1 heterocycles. The summed E-state index contributed by atoms with van der Waals surface area (Å²) in [6.07, 6.45) is 10.2. The second-order valence-corrected chi connectivity index (χ2v) is 5.46. The van der Waals surface area contributed by atoms with Crippen LogP contribution in [0.1, 0.15) is 32.1 Å². The fourth-order valence-electron chi connectivity index (χ4n) is 2.84. The predicted octanol–water partition coefficient (Wildman–Crippen LogP) is 1.94. The monoisotopic (exact) mass is 294 g/mol. The third kappa shape index (κ3) is 3.77. The molecule has 0 aromatic heterocycles. The van der Waals surface area contributed by atoms with E-state index in [1.54, 1.807) is 6.08 Å². The Morgan fingerprint density at radius 3 is 2.71 bits per heavy atom. The molecule has 6 heteroatoms. The molecule has 0 spiro atoms. The number of ether oxygens (including phenoxy) is 1. The summed E-state index contributed by atoms with van der Waals surface area (Å²) >= 11 is 0. The van der Waals surface area contributed by atoms with Gasteiger partial charge in [0, 0.05) is 30.5 Å². The van der Waals surface area contributed by atoms with Crippen molar-refractivity contribution in [1.29, 1.82) is 0 Å². The zero-order valence-corrected chi connectivity index (χ0v) is 12.2. The molecule has 1 aliphatic carbocycles. The van der Waals surface area contributed by atoms with Crippen LogP contribution in [0.5, 0.6) is 0 Å². The van der Waals surface area contributed by atoms with E-state index in [9.17, 15) is 14.9 Å². The minimum Gasteiger partial charge on any atom is -0.379 e. The third-order valence-corrected chi connectivity index (χ3v) is 4.14. The maximum absolute atomic E-state index is 11.6. The van der Waals surface area contributed by atoms with Gasteiger partial charge in [-0.3, -0.25) is 10.1 Å². The molecule has 0 saturated carbocycles. The molecular formula is C15H22N2O4. The number of unbranched alkanes of at least 4 members (excludes halogenated alkanes) is 2. The van der Waals surface area contributed by atoms with E-state index in [0.29, 0.717) is 39.1 Å². The van der Waals surface area contributed by atoms with Crippen LogP contribution in [-0.2, 0) is 9.53 Å². The number of allylic oxidation sites excluding steroid dienone is 2. The Labute approximate surface area is 124 Å². The number of hydrogen-bond acceptors (Lipinski definition) is 5. The molecule has 21 heavy (non-hydrogen) atoms. The first-order chi connectivity index (χ1) is 10.2. The number of carbonyl (C=O) groups is 1. The summed E-state index contributed by atoms with van der Waals surface area (Å²) in [6.45, 7) is 2.28. The zero-order valence-electron chi connectivity index (χ0n) is 12.2. The van der Waals surface area contributed by atoms with E-state index in [-0.39, 0.29) is 4.92 Å². The Balaban J connectivity index is 1.97. The molecular weight excluding hydrogens is 272 g/mol. The standard InChI is InChI=1S/C15H22N2O4/c18-11-3-1-2-4-14-5-7-15(8-6-14,17(19)20)16-9-12-21-13-10-16/h5-7,11H,1-4,8-10,12-13H2. The Morgan fingerprint density at radius 2 is 2.14 bits per heavy atom. The molecule has 1 unspecified atom stereocenters. The van der Waals surface area contributed by atoms with Crippen molar-refractivity contribution in [2.45, 2.75) is 37.8 Å². The largest absolute Gasteiger partial charge is 0.379 e. The van der Waals surface area contributed by atoms with E-state index in [1.165, 1.54) is 0 Å². The number of nitrogens with zero attached hydrogens (tertiary/aromatic N) is 2. The molecule has 116 valence electrons. The summed E-state index contributed by atoms with van der Waals surface area (Å²) in [5.41, 5.74) is 0.0161. The quantitative estimate of drug-likeness (QED) is 0.310. The number of morpholine rings is 1. The molecule has 1 atom stereocenters. The van der Waals surface area contributed by atoms with Gasteiger partial charge in [-0.15, -0.1) is 0 Å². The highest BCUT2D eigenvalue weighted by Gasteiger charge is 2.47. The number of carbonyl (C=O) groups excluding carboxylic acids is 1. The first-order valence-electron chi connectivity index (χ1n) is 7.48. The third-order valence-electron chi connectivity index (χ3n) is 4.14. The summed E-state index contributed by atoms with van der Waals surface area (Å²) in [5, 5.41) is 11.6. The Hall–Kier alpha value is -1.53. The molecule has 1 saturated heterocycles. The number of aldehydes is 1. The number of rotatable bonds is 7. The van der Waals surface area contributed by atoms with Gasteiger partial charge in [0.2, 0.25) is 0 Å². The highest BCUT2D eigenvalue weighted by Crippen LogP contribution is 2.30. The lowest BCUT2D eigenvalue weighted by Crippen LogP contribution is -2.57. The molecule has 2 aliphatic rings. The number of hydrogen-bond donors (Lipinski definition) is 0. The van der Waals surface area contributed by atoms with Gasteiger partial charge in [0.05, 0.1) is 19.6 Å². The SMILES string of the molecule is O=CCCCCC1=CCC(N2CCOCC2)([N+](=O)[O-])C=C1. The predicted molar refractivity (Wildman–Crippen MR) is 78.5 cm³/mol. The lowest BCUT2D eigenvalue weighted by molar-refractivity contribution is -0.587. The minimum absolute atomic E-state index is 0.186. The van der Waals surface area contributed by atoms with Crippen LogP contribution < -0.4 is 0 Å². The molecule has 0 N–H and O–H groups in total. The van der Waals surface area contributed by atoms with Crippen molar-refractivity contribution in [2.24, 2.45) is 0 Å². The average Bonchev–Trinajstić information content (AvgIpc) is 2.53. The topological polar surface area (TPSA) is 72.7 Å². The van der Waals surface area contributed by atoms with Gasteiger partial charge in [-0.2, -0.15) is 0 Å². The van der Waals surface area contributed by atoms with Crippen LogP contribution in [0.4, 0.5) is 0 Å². The van der Waals surface area contributed by atoms with Crippen molar-refractivity contribution in [3.63, 3.8) is 0 Å². The normalized spacial score (nSPS) is 26.4. The van der Waals surface area contributed by atoms with Crippen molar-refractivity contribution in [1.82, 2.24) is 4.90 Å². The molecule has 0 aromatic rings. The highest BCUT2D eigenvalue weighted by molar-refractivity contribution is 5.48. The maximum Gasteiger partial charge on any atom is 0.300 e. The smallest absolute Gasteiger partial charge is 0.300 e. The molecule has 1 aliphatic heterocycles. The second-order valence-electron chi connectivity index (χ2n) is 5.46. The van der Waals surface area contributed by atoms with Gasteiger partial charge in [0.25, 0.3) is 5.66 Å². The summed E-state index contributed by atoms with van der Waals surface area (Å²) in [4.78, 5) is 23.6. The fourth-order valence-corrected chi connectivity index (χ4v) is 2.84. The van der Waals surface area contributed by atoms with Crippen molar-refractivity contribution in [3.05, 3.63) is 33.9 Å². The van der Waals surface area contributed by atoms with Crippen molar-refractivity contribution >= 4 is 6.29 Å².